The highest BCUT2D eigenvalue weighted by Gasteiger charge is 2.17. The molecule has 3 rings (SSSR count). The summed E-state index contributed by atoms with van der Waals surface area (Å²) >= 11 is 0. The van der Waals surface area contributed by atoms with Crippen LogP contribution in [0, 0.1) is 13.8 Å². The van der Waals surface area contributed by atoms with Crippen molar-refractivity contribution in [3.05, 3.63) is 59.5 Å². The zero-order chi connectivity index (χ0) is 14.8. The SMILES string of the molecule is Cc1cccc(-n2nnc(CO)c2-c2ccncc2)c1C. The number of aromatic nitrogens is 4. The number of aliphatic hydroxyl groups is 1. The van der Waals surface area contributed by atoms with E-state index in [1.807, 2.05) is 24.3 Å². The third kappa shape index (κ3) is 2.32. The maximum Gasteiger partial charge on any atom is 0.117 e. The molecule has 5 heteroatoms. The molecule has 0 aliphatic rings. The van der Waals surface area contributed by atoms with Gasteiger partial charge in [0.1, 0.15) is 11.4 Å². The molecule has 2 heterocycles. The van der Waals surface area contributed by atoms with Crippen molar-refractivity contribution in [3.63, 3.8) is 0 Å². The Kier molecular flexibility index (Phi) is 3.50. The predicted molar refractivity (Wildman–Crippen MR) is 80.0 cm³/mol. The number of rotatable bonds is 3. The quantitative estimate of drug-likeness (QED) is 0.800. The maximum atomic E-state index is 9.53. The van der Waals surface area contributed by atoms with Gasteiger partial charge >= 0.3 is 0 Å². The number of benzene rings is 1. The molecule has 0 aliphatic heterocycles. The summed E-state index contributed by atoms with van der Waals surface area (Å²) in [6, 6.07) is 9.84. The van der Waals surface area contributed by atoms with E-state index in [1.54, 1.807) is 17.1 Å². The van der Waals surface area contributed by atoms with Gasteiger partial charge in [-0.05, 0) is 43.2 Å². The van der Waals surface area contributed by atoms with Crippen molar-refractivity contribution in [2.75, 3.05) is 0 Å². The minimum absolute atomic E-state index is 0.150. The Hall–Kier alpha value is -2.53. The second-order valence-electron chi connectivity index (χ2n) is 4.91. The van der Waals surface area contributed by atoms with Crippen molar-refractivity contribution < 1.29 is 5.11 Å². The van der Waals surface area contributed by atoms with Gasteiger partial charge in [-0.15, -0.1) is 5.10 Å². The lowest BCUT2D eigenvalue weighted by Crippen LogP contribution is -2.03. The summed E-state index contributed by atoms with van der Waals surface area (Å²) in [6.07, 6.45) is 3.44. The fourth-order valence-corrected chi connectivity index (χ4v) is 2.35. The molecule has 1 N–H and O–H groups in total. The fraction of sp³-hybridized carbons (Fsp3) is 0.188. The second-order valence-corrected chi connectivity index (χ2v) is 4.91. The molecule has 0 saturated carbocycles. The highest BCUT2D eigenvalue weighted by Crippen LogP contribution is 2.27. The number of hydrogen-bond donors (Lipinski definition) is 1. The molecule has 0 spiro atoms. The Bertz CT molecular complexity index is 765. The summed E-state index contributed by atoms with van der Waals surface area (Å²) in [4.78, 5) is 4.03. The van der Waals surface area contributed by atoms with Crippen molar-refractivity contribution >= 4 is 0 Å². The van der Waals surface area contributed by atoms with Gasteiger partial charge in [-0.25, -0.2) is 4.68 Å². The Balaban J connectivity index is 2.25. The summed E-state index contributed by atoms with van der Waals surface area (Å²) in [6.45, 7) is 3.97. The van der Waals surface area contributed by atoms with Crippen molar-refractivity contribution in [1.82, 2.24) is 20.0 Å². The molecule has 2 aromatic heterocycles. The molecule has 3 aromatic rings. The van der Waals surface area contributed by atoms with Crippen LogP contribution in [-0.4, -0.2) is 25.1 Å². The van der Waals surface area contributed by atoms with Gasteiger partial charge in [0, 0.05) is 18.0 Å². The summed E-state index contributed by atoms with van der Waals surface area (Å²) < 4.78 is 1.78. The standard InChI is InChI=1S/C16H16N4O/c1-11-4-3-5-15(12(11)2)20-16(14(10-21)18-19-20)13-6-8-17-9-7-13/h3-9,21H,10H2,1-2H3. The van der Waals surface area contributed by atoms with Crippen LogP contribution in [0.2, 0.25) is 0 Å². The van der Waals surface area contributed by atoms with E-state index in [0.29, 0.717) is 5.69 Å². The number of pyridine rings is 1. The maximum absolute atomic E-state index is 9.53. The first kappa shape index (κ1) is 13.5. The number of nitrogens with zero attached hydrogens (tertiary/aromatic N) is 4. The zero-order valence-corrected chi connectivity index (χ0v) is 12.0. The van der Waals surface area contributed by atoms with Crippen LogP contribution in [0.1, 0.15) is 16.8 Å². The lowest BCUT2D eigenvalue weighted by Gasteiger charge is -2.11. The first-order chi connectivity index (χ1) is 10.2. The van der Waals surface area contributed by atoms with Crippen LogP contribution >= 0.6 is 0 Å². The first-order valence-electron chi connectivity index (χ1n) is 6.75. The number of hydrogen-bond acceptors (Lipinski definition) is 4. The summed E-state index contributed by atoms with van der Waals surface area (Å²) in [5.74, 6) is 0. The van der Waals surface area contributed by atoms with Crippen LogP contribution in [0.15, 0.2) is 42.7 Å². The highest BCUT2D eigenvalue weighted by atomic mass is 16.3. The van der Waals surface area contributed by atoms with Crippen molar-refractivity contribution in [2.45, 2.75) is 20.5 Å². The van der Waals surface area contributed by atoms with Crippen molar-refractivity contribution in [2.24, 2.45) is 0 Å². The Morgan fingerprint density at radius 1 is 1.10 bits per heavy atom. The average Bonchev–Trinajstić information content (AvgIpc) is 2.94. The van der Waals surface area contributed by atoms with Gasteiger partial charge in [-0.3, -0.25) is 4.98 Å². The van der Waals surface area contributed by atoms with Crippen LogP contribution in [-0.2, 0) is 6.61 Å². The highest BCUT2D eigenvalue weighted by molar-refractivity contribution is 5.64. The molecule has 0 aliphatic carbocycles. The summed E-state index contributed by atoms with van der Waals surface area (Å²) in [7, 11) is 0. The van der Waals surface area contributed by atoms with Gasteiger partial charge in [0.2, 0.25) is 0 Å². The van der Waals surface area contributed by atoms with Crippen molar-refractivity contribution in [1.29, 1.82) is 0 Å². The van der Waals surface area contributed by atoms with E-state index in [4.69, 9.17) is 0 Å². The smallest absolute Gasteiger partial charge is 0.117 e. The first-order valence-corrected chi connectivity index (χ1v) is 6.75. The normalized spacial score (nSPS) is 10.8. The predicted octanol–water partition coefficient (Wildman–Crippen LogP) is 2.44. The van der Waals surface area contributed by atoms with E-state index in [1.165, 1.54) is 5.56 Å². The Labute approximate surface area is 122 Å². The van der Waals surface area contributed by atoms with Gasteiger partial charge in [0.25, 0.3) is 0 Å². The Morgan fingerprint density at radius 3 is 2.57 bits per heavy atom. The Morgan fingerprint density at radius 2 is 1.86 bits per heavy atom. The van der Waals surface area contributed by atoms with Gasteiger partial charge < -0.3 is 5.11 Å². The second kappa shape index (κ2) is 5.46. The minimum Gasteiger partial charge on any atom is -0.390 e. The van der Waals surface area contributed by atoms with Gasteiger partial charge in [-0.1, -0.05) is 17.3 Å². The van der Waals surface area contributed by atoms with Crippen LogP contribution in [0.3, 0.4) is 0 Å². The molecule has 0 unspecified atom stereocenters. The zero-order valence-electron chi connectivity index (χ0n) is 12.0. The molecule has 0 fully saturated rings. The molecular formula is C16H16N4O. The van der Waals surface area contributed by atoms with Crippen LogP contribution in [0.5, 0.6) is 0 Å². The van der Waals surface area contributed by atoms with E-state index in [2.05, 4.69) is 35.2 Å². The largest absolute Gasteiger partial charge is 0.390 e. The van der Waals surface area contributed by atoms with E-state index in [9.17, 15) is 5.11 Å². The van der Waals surface area contributed by atoms with Crippen LogP contribution < -0.4 is 0 Å². The van der Waals surface area contributed by atoms with Crippen molar-refractivity contribution in [3.8, 4) is 16.9 Å². The third-order valence-electron chi connectivity index (χ3n) is 3.65. The molecule has 1 aromatic carbocycles. The molecule has 0 atom stereocenters. The lowest BCUT2D eigenvalue weighted by molar-refractivity contribution is 0.277. The molecule has 5 nitrogen and oxygen atoms in total. The van der Waals surface area contributed by atoms with Crippen LogP contribution in [0.25, 0.3) is 16.9 Å². The number of aliphatic hydroxyl groups excluding tert-OH is 1. The fourth-order valence-electron chi connectivity index (χ4n) is 2.35. The van der Waals surface area contributed by atoms with Gasteiger partial charge in [0.15, 0.2) is 0 Å². The molecule has 0 radical (unpaired) electrons. The number of aryl methyl sites for hydroxylation is 1. The molecule has 106 valence electrons. The molecule has 21 heavy (non-hydrogen) atoms. The van der Waals surface area contributed by atoms with Gasteiger partial charge in [0.05, 0.1) is 12.3 Å². The average molecular weight is 280 g/mol. The topological polar surface area (TPSA) is 63.8 Å². The van der Waals surface area contributed by atoms with Gasteiger partial charge in [-0.2, -0.15) is 0 Å². The molecule has 0 saturated heterocycles. The summed E-state index contributed by atoms with van der Waals surface area (Å²) in [5.41, 5.74) is 5.58. The lowest BCUT2D eigenvalue weighted by atomic mass is 10.1. The van der Waals surface area contributed by atoms with E-state index >= 15 is 0 Å². The van der Waals surface area contributed by atoms with E-state index in [-0.39, 0.29) is 6.61 Å². The summed E-state index contributed by atoms with van der Waals surface area (Å²) in [5, 5.41) is 17.9. The molecular weight excluding hydrogens is 264 g/mol. The van der Waals surface area contributed by atoms with E-state index < -0.39 is 0 Å². The van der Waals surface area contributed by atoms with Crippen LogP contribution in [0.4, 0.5) is 0 Å². The minimum atomic E-state index is -0.150. The third-order valence-corrected chi connectivity index (χ3v) is 3.65. The monoisotopic (exact) mass is 280 g/mol. The molecule has 0 amide bonds. The molecule has 0 bridgehead atoms. The van der Waals surface area contributed by atoms with E-state index in [0.717, 1.165) is 22.5 Å².